The van der Waals surface area contributed by atoms with E-state index in [2.05, 4.69) is 15.6 Å². The number of hydrogen-bond acceptors (Lipinski definition) is 8. The first kappa shape index (κ1) is 19.2. The number of carbonyl (C=O) groups excluding carboxylic acids is 2. The number of nitrogens with one attached hydrogen (secondary N) is 1. The highest BCUT2D eigenvalue weighted by Gasteiger charge is 2.17. The molecule has 0 atom stereocenters. The first-order chi connectivity index (χ1) is 13.5. The van der Waals surface area contributed by atoms with E-state index >= 15 is 0 Å². The fraction of sp³-hybridized carbons (Fsp3) is 0.263. The molecule has 0 saturated carbocycles. The van der Waals surface area contributed by atoms with Crippen LogP contribution in [0.4, 0.5) is 0 Å². The smallest absolute Gasteiger partial charge is 0.302 e. The van der Waals surface area contributed by atoms with Crippen molar-refractivity contribution in [1.82, 2.24) is 15.6 Å². The second-order valence-corrected chi connectivity index (χ2v) is 5.85. The molecule has 2 heterocycles. The van der Waals surface area contributed by atoms with Gasteiger partial charge in [-0.2, -0.15) is 0 Å². The number of ether oxygens (including phenoxy) is 2. The zero-order chi connectivity index (χ0) is 19.9. The summed E-state index contributed by atoms with van der Waals surface area (Å²) in [5.74, 6) is -0.122. The maximum absolute atomic E-state index is 12.0. The monoisotopic (exact) mass is 385 g/mol. The minimum atomic E-state index is -0.486. The normalized spacial score (nSPS) is 10.5. The molecule has 0 spiro atoms. The summed E-state index contributed by atoms with van der Waals surface area (Å²) in [6, 6.07) is 11.0. The van der Waals surface area contributed by atoms with Crippen molar-refractivity contribution in [2.75, 3.05) is 13.2 Å². The van der Waals surface area contributed by atoms with Gasteiger partial charge in [0, 0.05) is 12.5 Å². The molecular formula is C19H19N3O6. The quantitative estimate of drug-likeness (QED) is 0.464. The Bertz CT molecular complexity index is 948. The van der Waals surface area contributed by atoms with Crippen molar-refractivity contribution in [3.63, 3.8) is 0 Å². The molecule has 1 amide bonds. The molecule has 1 N–H and O–H groups in total. The average Bonchev–Trinajstić information content (AvgIpc) is 3.31. The van der Waals surface area contributed by atoms with E-state index in [1.54, 1.807) is 6.92 Å². The SMILES string of the molecule is CC(=O)OCCNC(=O)c1cc(OCc2c(-c3ccccc3)noc2C)no1. The molecule has 0 aliphatic carbocycles. The van der Waals surface area contributed by atoms with Gasteiger partial charge in [-0.3, -0.25) is 9.59 Å². The molecule has 0 aliphatic heterocycles. The third-order valence-corrected chi connectivity index (χ3v) is 3.80. The average molecular weight is 385 g/mol. The van der Waals surface area contributed by atoms with Crippen molar-refractivity contribution >= 4 is 11.9 Å². The maximum Gasteiger partial charge on any atom is 0.302 e. The number of aryl methyl sites for hydroxylation is 1. The summed E-state index contributed by atoms with van der Waals surface area (Å²) >= 11 is 0. The van der Waals surface area contributed by atoms with Crippen LogP contribution in [0.15, 0.2) is 45.4 Å². The summed E-state index contributed by atoms with van der Waals surface area (Å²) in [5, 5.41) is 10.4. The van der Waals surface area contributed by atoms with Crippen molar-refractivity contribution < 1.29 is 28.1 Å². The minimum Gasteiger partial charge on any atom is -0.470 e. The van der Waals surface area contributed by atoms with E-state index < -0.39 is 11.9 Å². The zero-order valence-electron chi connectivity index (χ0n) is 15.4. The number of amides is 1. The first-order valence-corrected chi connectivity index (χ1v) is 8.56. The van der Waals surface area contributed by atoms with Crippen LogP contribution in [0.5, 0.6) is 5.88 Å². The number of rotatable bonds is 8. The molecule has 0 unspecified atom stereocenters. The molecule has 0 radical (unpaired) electrons. The number of aromatic nitrogens is 2. The van der Waals surface area contributed by atoms with Crippen LogP contribution in [0.3, 0.4) is 0 Å². The summed E-state index contributed by atoms with van der Waals surface area (Å²) in [5.41, 5.74) is 2.37. The highest BCUT2D eigenvalue weighted by Crippen LogP contribution is 2.26. The predicted octanol–water partition coefficient (Wildman–Crippen LogP) is 2.51. The molecule has 3 rings (SSSR count). The molecule has 146 valence electrons. The number of carbonyl (C=O) groups is 2. The van der Waals surface area contributed by atoms with Gasteiger partial charge in [0.1, 0.15) is 24.7 Å². The van der Waals surface area contributed by atoms with Crippen LogP contribution in [-0.2, 0) is 16.1 Å². The van der Waals surface area contributed by atoms with Gasteiger partial charge in [0.25, 0.3) is 11.8 Å². The lowest BCUT2D eigenvalue weighted by Crippen LogP contribution is -2.27. The number of benzene rings is 1. The molecule has 1 aromatic carbocycles. The molecule has 28 heavy (non-hydrogen) atoms. The Kier molecular flexibility index (Phi) is 6.05. The summed E-state index contributed by atoms with van der Waals surface area (Å²) in [6.45, 7) is 3.48. The van der Waals surface area contributed by atoms with E-state index in [0.717, 1.165) is 11.1 Å². The lowest BCUT2D eigenvalue weighted by atomic mass is 10.1. The van der Waals surface area contributed by atoms with Gasteiger partial charge in [0.05, 0.1) is 18.2 Å². The highest BCUT2D eigenvalue weighted by atomic mass is 16.5. The van der Waals surface area contributed by atoms with E-state index in [0.29, 0.717) is 11.5 Å². The second-order valence-electron chi connectivity index (χ2n) is 5.85. The van der Waals surface area contributed by atoms with Gasteiger partial charge in [-0.05, 0) is 12.1 Å². The topological polar surface area (TPSA) is 117 Å². The number of nitrogens with zero attached hydrogens (tertiary/aromatic N) is 2. The zero-order valence-corrected chi connectivity index (χ0v) is 15.4. The lowest BCUT2D eigenvalue weighted by molar-refractivity contribution is -0.140. The fourth-order valence-electron chi connectivity index (χ4n) is 2.41. The summed E-state index contributed by atoms with van der Waals surface area (Å²) in [6.07, 6.45) is 0. The summed E-state index contributed by atoms with van der Waals surface area (Å²) < 4.78 is 20.6. The van der Waals surface area contributed by atoms with Crippen molar-refractivity contribution in [2.24, 2.45) is 0 Å². The molecule has 0 saturated heterocycles. The van der Waals surface area contributed by atoms with E-state index in [9.17, 15) is 9.59 Å². The molecule has 9 nitrogen and oxygen atoms in total. The molecule has 0 fully saturated rings. The standard InChI is InChI=1S/C19H19N3O6/c1-12-15(18(22-27-12)14-6-4-3-5-7-14)11-26-17-10-16(28-21-17)19(24)20-8-9-25-13(2)23/h3-7,10H,8-9,11H2,1-2H3,(H,20,24). The first-order valence-electron chi connectivity index (χ1n) is 8.56. The van der Waals surface area contributed by atoms with Gasteiger partial charge in [0.2, 0.25) is 5.76 Å². The Morgan fingerprint density at radius 3 is 2.68 bits per heavy atom. The Hall–Kier alpha value is -3.62. The van der Waals surface area contributed by atoms with Gasteiger partial charge in [0.15, 0.2) is 0 Å². The second kappa shape index (κ2) is 8.85. The van der Waals surface area contributed by atoms with Gasteiger partial charge in [-0.1, -0.05) is 35.5 Å². The maximum atomic E-state index is 12.0. The highest BCUT2D eigenvalue weighted by molar-refractivity contribution is 5.91. The molecule has 9 heteroatoms. The Labute approximate surface area is 160 Å². The van der Waals surface area contributed by atoms with Crippen LogP contribution in [0.25, 0.3) is 11.3 Å². The minimum absolute atomic E-state index is 0.0110. The third kappa shape index (κ3) is 4.76. The Balaban J connectivity index is 1.59. The lowest BCUT2D eigenvalue weighted by Gasteiger charge is -2.03. The van der Waals surface area contributed by atoms with Crippen LogP contribution in [0.2, 0.25) is 0 Å². The Morgan fingerprint density at radius 1 is 1.14 bits per heavy atom. The van der Waals surface area contributed by atoms with Crippen molar-refractivity contribution in [1.29, 1.82) is 0 Å². The molecule has 0 bridgehead atoms. The van der Waals surface area contributed by atoms with Crippen LogP contribution < -0.4 is 10.1 Å². The van der Waals surface area contributed by atoms with Gasteiger partial charge < -0.3 is 23.8 Å². The van der Waals surface area contributed by atoms with E-state index in [1.807, 2.05) is 30.3 Å². The molecule has 2 aromatic heterocycles. The summed E-state index contributed by atoms with van der Waals surface area (Å²) in [4.78, 5) is 22.6. The number of esters is 1. The fourth-order valence-corrected chi connectivity index (χ4v) is 2.41. The van der Waals surface area contributed by atoms with E-state index in [1.165, 1.54) is 13.0 Å². The van der Waals surface area contributed by atoms with Crippen LogP contribution >= 0.6 is 0 Å². The Morgan fingerprint density at radius 2 is 1.93 bits per heavy atom. The number of hydrogen-bond donors (Lipinski definition) is 1. The molecule has 0 aliphatic rings. The molecular weight excluding hydrogens is 366 g/mol. The largest absolute Gasteiger partial charge is 0.470 e. The van der Waals surface area contributed by atoms with Crippen LogP contribution in [-0.4, -0.2) is 35.3 Å². The van der Waals surface area contributed by atoms with Gasteiger partial charge in [-0.15, -0.1) is 0 Å². The van der Waals surface area contributed by atoms with Crippen molar-refractivity contribution in [2.45, 2.75) is 20.5 Å². The van der Waals surface area contributed by atoms with Gasteiger partial charge >= 0.3 is 5.97 Å². The van der Waals surface area contributed by atoms with E-state index in [-0.39, 0.29) is 31.4 Å². The van der Waals surface area contributed by atoms with Gasteiger partial charge in [-0.25, -0.2) is 0 Å². The third-order valence-electron chi connectivity index (χ3n) is 3.80. The summed E-state index contributed by atoms with van der Waals surface area (Å²) in [7, 11) is 0. The van der Waals surface area contributed by atoms with Crippen molar-refractivity contribution in [3.8, 4) is 17.1 Å². The van der Waals surface area contributed by atoms with Crippen LogP contribution in [0.1, 0.15) is 28.8 Å². The van der Waals surface area contributed by atoms with E-state index in [4.69, 9.17) is 18.5 Å². The van der Waals surface area contributed by atoms with Crippen molar-refractivity contribution in [3.05, 3.63) is 53.5 Å². The van der Waals surface area contributed by atoms with Crippen LogP contribution in [0, 0.1) is 6.92 Å². The molecule has 3 aromatic rings. The predicted molar refractivity (Wildman–Crippen MR) is 96.5 cm³/mol.